The van der Waals surface area contributed by atoms with Crippen LogP contribution in [0.4, 0.5) is 0 Å². The van der Waals surface area contributed by atoms with Crippen LogP contribution in [0.25, 0.3) is 0 Å². The molecule has 0 aromatic rings. The average Bonchev–Trinajstić information content (AvgIpc) is 3.35. The predicted octanol–water partition coefficient (Wildman–Crippen LogP) is 0.451. The molecule has 0 aromatic carbocycles. The van der Waals surface area contributed by atoms with Crippen molar-refractivity contribution in [3.05, 3.63) is 11.6 Å². The summed E-state index contributed by atoms with van der Waals surface area (Å²) in [5.74, 6) is -1.15. The summed E-state index contributed by atoms with van der Waals surface area (Å²) in [5.41, 5.74) is -0.868. The van der Waals surface area contributed by atoms with Crippen molar-refractivity contribution in [3.8, 4) is 0 Å². The van der Waals surface area contributed by atoms with Gasteiger partial charge in [-0.25, -0.2) is 4.79 Å². The summed E-state index contributed by atoms with van der Waals surface area (Å²) < 4.78 is 52.6. The third kappa shape index (κ3) is 9.14. The number of fused-ring (bicyclic) bond motifs is 7. The molecule has 21 nitrogen and oxygen atoms in total. The fourth-order valence-electron chi connectivity index (χ4n) is 16.0. The van der Waals surface area contributed by atoms with Crippen LogP contribution in [0.5, 0.6) is 0 Å². The summed E-state index contributed by atoms with van der Waals surface area (Å²) in [4.78, 5) is 27.8. The maximum absolute atomic E-state index is 15.3. The van der Waals surface area contributed by atoms with E-state index < -0.39 is 139 Å². The number of rotatable bonds is 9. The van der Waals surface area contributed by atoms with E-state index in [1.54, 1.807) is 0 Å². The summed E-state index contributed by atoms with van der Waals surface area (Å²) in [5, 5.41) is 108. The van der Waals surface area contributed by atoms with Crippen molar-refractivity contribution in [3.63, 3.8) is 0 Å². The Balaban J connectivity index is 0.927. The van der Waals surface area contributed by atoms with Crippen molar-refractivity contribution in [2.24, 2.45) is 50.2 Å². The molecule has 422 valence electrons. The van der Waals surface area contributed by atoms with Crippen LogP contribution in [-0.2, 0) is 52.2 Å². The van der Waals surface area contributed by atoms with E-state index >= 15 is 4.79 Å². The molecule has 4 saturated heterocycles. The SMILES string of the molecule is COC(=O)[C@H]1O[C@@H](O[C@H]2CC[C@]3(C)[C@H]4CC=C5[C@@H]6CC(C)(C)CC[C@]6(C(=O)O[C@@H]6OC[C@H](O)[C@H](O)[C@H]6O[C@@H]6O[C@@H](C)[C@H](O[C@@H]7OC[C@@H](O)[C@H](O)[C@H]7O)[C@@H](O)[C@H]6O)CC[C@@]5(C)[C@]4(C)CC[C@H]3C2(C)C)[C@H](O)[C@@H](O)[C@@H]1O. The van der Waals surface area contributed by atoms with Crippen LogP contribution in [0, 0.1) is 50.2 Å². The topological polar surface area (TPSA) is 320 Å². The van der Waals surface area contributed by atoms with E-state index in [9.17, 15) is 55.9 Å². The smallest absolute Gasteiger partial charge is 0.337 e. The average molecular weight is 1060 g/mol. The van der Waals surface area contributed by atoms with E-state index in [1.807, 2.05) is 0 Å². The van der Waals surface area contributed by atoms with Crippen LogP contribution >= 0.6 is 0 Å². The lowest BCUT2D eigenvalue weighted by Gasteiger charge is -2.71. The number of ether oxygens (including phenoxy) is 9. The Hall–Kier alpha value is -2.00. The van der Waals surface area contributed by atoms with Gasteiger partial charge in [-0.1, -0.05) is 60.1 Å². The zero-order valence-electron chi connectivity index (χ0n) is 44.2. The Kier molecular flexibility index (Phi) is 15.5. The molecule has 0 spiro atoms. The van der Waals surface area contributed by atoms with Gasteiger partial charge in [0, 0.05) is 0 Å². The molecule has 9 aliphatic rings. The summed E-state index contributed by atoms with van der Waals surface area (Å²) in [6.45, 7) is 16.8. The normalized spacial score (nSPS) is 53.0. The lowest BCUT2D eigenvalue weighted by molar-refractivity contribution is -0.368. The molecule has 10 N–H and O–H groups in total. The Morgan fingerprint density at radius 1 is 0.608 bits per heavy atom. The van der Waals surface area contributed by atoms with E-state index in [4.69, 9.17) is 42.6 Å². The highest BCUT2D eigenvalue weighted by Gasteiger charge is 2.70. The monoisotopic (exact) mass is 1060 g/mol. The molecule has 21 heteroatoms. The molecule has 9 rings (SSSR count). The van der Waals surface area contributed by atoms with Crippen LogP contribution in [0.15, 0.2) is 11.6 Å². The third-order valence-electron chi connectivity index (χ3n) is 20.8. The van der Waals surface area contributed by atoms with Gasteiger partial charge in [-0.15, -0.1) is 0 Å². The van der Waals surface area contributed by atoms with Gasteiger partial charge in [0.2, 0.25) is 6.29 Å². The van der Waals surface area contributed by atoms with Crippen molar-refractivity contribution in [2.45, 2.75) is 236 Å². The number of esters is 2. The van der Waals surface area contributed by atoms with E-state index in [0.717, 1.165) is 45.6 Å². The molecule has 4 heterocycles. The fraction of sp³-hybridized carbons (Fsp3) is 0.925. The maximum atomic E-state index is 15.3. The molecule has 0 aromatic heterocycles. The van der Waals surface area contributed by atoms with Crippen LogP contribution in [-0.4, -0.2) is 200 Å². The standard InChI is InChI=1S/C53H84O21/c1-23-39(71-43-36(61)31(56)26(54)21-67-43)35(60)38(63)44(69-23)73-41-32(57)27(55)22-68-46(41)74-47(65)53-18-16-48(2,3)20-25(53)24-10-11-29-50(6)14-13-30(70-45-37(62)33(58)34(59)40(72-45)42(64)66-9)49(4,5)28(50)12-15-52(29,8)51(24,7)17-19-53/h10,23,25-41,43-46,54-63H,11-22H2,1-9H3/t23-,25-,26+,27-,28-,29+,30-,31-,32-,33-,34-,35-,36+,37+,38+,39-,40-,41+,43-,44-,45+,46-,50-,51+,52+,53-/m0/s1. The molecule has 8 fully saturated rings. The largest absolute Gasteiger partial charge is 0.467 e. The number of methoxy groups -OCH3 is 1. The summed E-state index contributed by atoms with van der Waals surface area (Å²) in [7, 11) is 1.15. The van der Waals surface area contributed by atoms with Gasteiger partial charge in [0.25, 0.3) is 0 Å². The highest BCUT2D eigenvalue weighted by Crippen LogP contribution is 2.76. The zero-order valence-corrected chi connectivity index (χ0v) is 44.2. The van der Waals surface area contributed by atoms with Crippen LogP contribution in [0.2, 0.25) is 0 Å². The van der Waals surface area contributed by atoms with E-state index in [1.165, 1.54) is 12.5 Å². The Labute approximate surface area is 432 Å². The maximum Gasteiger partial charge on any atom is 0.337 e. The quantitative estimate of drug-likeness (QED) is 0.0852. The zero-order chi connectivity index (χ0) is 54.0. The first-order valence-electron chi connectivity index (χ1n) is 26.9. The minimum absolute atomic E-state index is 0.110. The highest BCUT2D eigenvalue weighted by atomic mass is 16.8. The molecule has 26 atom stereocenters. The number of aliphatic hydroxyl groups is 10. The lowest BCUT2D eigenvalue weighted by atomic mass is 9.33. The van der Waals surface area contributed by atoms with Gasteiger partial charge in [-0.05, 0) is 116 Å². The number of aliphatic hydroxyl groups excluding tert-OH is 10. The molecule has 0 amide bonds. The lowest BCUT2D eigenvalue weighted by Crippen LogP contribution is -2.66. The fourth-order valence-corrected chi connectivity index (χ4v) is 16.0. The molecular weight excluding hydrogens is 973 g/mol. The van der Waals surface area contributed by atoms with Crippen molar-refractivity contribution in [1.29, 1.82) is 0 Å². The number of carbonyl (C=O) groups is 2. The molecule has 74 heavy (non-hydrogen) atoms. The predicted molar refractivity (Wildman–Crippen MR) is 254 cm³/mol. The Bertz CT molecular complexity index is 2090. The highest BCUT2D eigenvalue weighted by molar-refractivity contribution is 5.79. The number of carbonyl (C=O) groups excluding carboxylic acids is 2. The first kappa shape index (κ1) is 56.7. The third-order valence-corrected chi connectivity index (χ3v) is 20.8. The Morgan fingerprint density at radius 2 is 1.22 bits per heavy atom. The molecule has 0 radical (unpaired) electrons. The first-order valence-corrected chi connectivity index (χ1v) is 26.9. The summed E-state index contributed by atoms with van der Waals surface area (Å²) >= 11 is 0. The van der Waals surface area contributed by atoms with E-state index in [0.29, 0.717) is 25.7 Å². The molecular formula is C53H84O21. The van der Waals surface area contributed by atoms with Crippen molar-refractivity contribution in [1.82, 2.24) is 0 Å². The Morgan fingerprint density at radius 3 is 1.91 bits per heavy atom. The number of hydrogen-bond acceptors (Lipinski definition) is 21. The van der Waals surface area contributed by atoms with Crippen LogP contribution in [0.1, 0.15) is 120 Å². The second-order valence-electron chi connectivity index (χ2n) is 25.6. The van der Waals surface area contributed by atoms with Crippen molar-refractivity contribution in [2.75, 3.05) is 20.3 Å². The summed E-state index contributed by atoms with van der Waals surface area (Å²) in [6.07, 6.45) is -18.5. The second-order valence-corrected chi connectivity index (χ2v) is 25.6. The first-order chi connectivity index (χ1) is 34.6. The van der Waals surface area contributed by atoms with Crippen LogP contribution < -0.4 is 0 Å². The van der Waals surface area contributed by atoms with Gasteiger partial charge in [-0.3, -0.25) is 4.79 Å². The van der Waals surface area contributed by atoms with E-state index in [2.05, 4.69) is 54.5 Å². The van der Waals surface area contributed by atoms with Gasteiger partial charge < -0.3 is 93.7 Å². The van der Waals surface area contributed by atoms with Gasteiger partial charge in [0.1, 0.15) is 67.1 Å². The molecule has 4 saturated carbocycles. The molecule has 0 bridgehead atoms. The van der Waals surface area contributed by atoms with Crippen LogP contribution in [0.3, 0.4) is 0 Å². The van der Waals surface area contributed by atoms with Gasteiger partial charge in [-0.2, -0.15) is 0 Å². The number of allylic oxidation sites excluding steroid dienone is 2. The van der Waals surface area contributed by atoms with Crippen molar-refractivity contribution >= 4 is 11.9 Å². The minimum atomic E-state index is -1.83. The van der Waals surface area contributed by atoms with Gasteiger partial charge >= 0.3 is 11.9 Å². The minimum Gasteiger partial charge on any atom is -0.467 e. The van der Waals surface area contributed by atoms with Gasteiger partial charge in [0.05, 0.1) is 37.9 Å². The van der Waals surface area contributed by atoms with Crippen molar-refractivity contribution < 1.29 is 103 Å². The second kappa shape index (κ2) is 20.3. The summed E-state index contributed by atoms with van der Waals surface area (Å²) in [6, 6.07) is 0. The van der Waals surface area contributed by atoms with Gasteiger partial charge in [0.15, 0.2) is 31.1 Å². The van der Waals surface area contributed by atoms with E-state index in [-0.39, 0.29) is 52.6 Å². The number of hydrogen-bond donors (Lipinski definition) is 10. The molecule has 0 unspecified atom stereocenters. The molecule has 4 aliphatic heterocycles. The molecule has 5 aliphatic carbocycles.